The molecule has 0 amide bonds. The lowest BCUT2D eigenvalue weighted by Crippen LogP contribution is -2.39. The molecule has 6 heteroatoms. The molecule has 0 saturated carbocycles. The monoisotopic (exact) mass is 620 g/mol. The molecule has 0 radical (unpaired) electrons. The Balaban J connectivity index is 1.10. The lowest BCUT2D eigenvalue weighted by molar-refractivity contribution is -0.0127. The molecule has 3 aliphatic heterocycles. The highest BCUT2D eigenvalue weighted by Gasteiger charge is 2.50. The second kappa shape index (κ2) is 13.4. The number of hydrogen-bond donors (Lipinski definition) is 2. The Hall–Kier alpha value is -4.00. The van der Waals surface area contributed by atoms with Gasteiger partial charge in [-0.05, 0) is 86.8 Å². The summed E-state index contributed by atoms with van der Waals surface area (Å²) in [7, 11) is 0. The van der Waals surface area contributed by atoms with Crippen LogP contribution in [0.5, 0.6) is 23.0 Å². The zero-order valence-corrected chi connectivity index (χ0v) is 26.4. The summed E-state index contributed by atoms with van der Waals surface area (Å²) in [5, 5.41) is 24.5. The van der Waals surface area contributed by atoms with Crippen LogP contribution in [0.1, 0.15) is 86.5 Å². The predicted octanol–water partition coefficient (Wildman–Crippen LogP) is 8.05. The predicted molar refractivity (Wildman–Crippen MR) is 178 cm³/mol. The van der Waals surface area contributed by atoms with Crippen molar-refractivity contribution in [2.24, 2.45) is 0 Å². The van der Waals surface area contributed by atoms with Crippen molar-refractivity contribution in [3.63, 3.8) is 0 Å². The molecule has 4 aromatic rings. The van der Waals surface area contributed by atoms with Gasteiger partial charge in [0, 0.05) is 23.3 Å². The van der Waals surface area contributed by atoms with Gasteiger partial charge in [-0.25, -0.2) is 0 Å². The minimum absolute atomic E-state index is 0.391. The minimum atomic E-state index is -1.22. The molecular formula is C40H44O6. The topological polar surface area (TPSA) is 77.4 Å². The van der Waals surface area contributed by atoms with Gasteiger partial charge in [0.1, 0.15) is 35.2 Å². The smallest absolute Gasteiger partial charge is 0.155 e. The largest absolute Gasteiger partial charge is 0.493 e. The third-order valence-corrected chi connectivity index (χ3v) is 9.88. The van der Waals surface area contributed by atoms with E-state index < -0.39 is 23.4 Å². The highest BCUT2D eigenvalue weighted by atomic mass is 16.5. The zero-order chi connectivity index (χ0) is 31.4. The van der Waals surface area contributed by atoms with Crippen molar-refractivity contribution in [3.05, 3.63) is 119 Å². The summed E-state index contributed by atoms with van der Waals surface area (Å²) >= 11 is 0. The van der Waals surface area contributed by atoms with Crippen molar-refractivity contribution in [1.29, 1.82) is 0 Å². The summed E-state index contributed by atoms with van der Waals surface area (Å²) in [6, 6.07) is 31.4. The van der Waals surface area contributed by atoms with Gasteiger partial charge in [-0.1, -0.05) is 73.5 Å². The molecule has 0 saturated heterocycles. The summed E-state index contributed by atoms with van der Waals surface area (Å²) in [5.74, 6) is 2.93. The van der Waals surface area contributed by atoms with E-state index in [0.29, 0.717) is 24.7 Å². The van der Waals surface area contributed by atoms with Gasteiger partial charge < -0.3 is 29.2 Å². The fourth-order valence-electron chi connectivity index (χ4n) is 7.39. The number of aliphatic hydroxyl groups is 2. The molecule has 240 valence electrons. The van der Waals surface area contributed by atoms with Crippen LogP contribution >= 0.6 is 0 Å². The van der Waals surface area contributed by atoms with Crippen molar-refractivity contribution in [2.45, 2.75) is 87.6 Å². The van der Waals surface area contributed by atoms with Crippen LogP contribution in [0.15, 0.2) is 97.1 Å². The Morgan fingerprint density at radius 1 is 0.478 bits per heavy atom. The van der Waals surface area contributed by atoms with Crippen LogP contribution in [0.25, 0.3) is 0 Å². The van der Waals surface area contributed by atoms with Crippen LogP contribution in [0.2, 0.25) is 0 Å². The van der Waals surface area contributed by atoms with E-state index in [1.54, 1.807) is 0 Å². The second-order valence-electron chi connectivity index (χ2n) is 12.9. The molecule has 6 bridgehead atoms. The number of ether oxygens (including phenoxy) is 4. The van der Waals surface area contributed by atoms with Gasteiger partial charge in [-0.3, -0.25) is 0 Å². The van der Waals surface area contributed by atoms with E-state index in [4.69, 9.17) is 18.9 Å². The quantitative estimate of drug-likeness (QED) is 0.236. The maximum atomic E-state index is 12.2. The molecule has 0 aromatic heterocycles. The number of rotatable bonds is 2. The Labute approximate surface area is 271 Å². The highest BCUT2D eigenvalue weighted by molar-refractivity contribution is 5.54. The maximum absolute atomic E-state index is 12.2. The van der Waals surface area contributed by atoms with E-state index in [9.17, 15) is 10.2 Å². The van der Waals surface area contributed by atoms with E-state index in [2.05, 4.69) is 0 Å². The molecule has 46 heavy (non-hydrogen) atoms. The summed E-state index contributed by atoms with van der Waals surface area (Å²) < 4.78 is 25.2. The molecule has 3 aliphatic rings. The van der Waals surface area contributed by atoms with Crippen LogP contribution in [-0.2, 0) is 11.2 Å². The van der Waals surface area contributed by atoms with Gasteiger partial charge in [0.2, 0.25) is 0 Å². The van der Waals surface area contributed by atoms with Gasteiger partial charge in [0.15, 0.2) is 11.2 Å². The van der Waals surface area contributed by atoms with Crippen LogP contribution in [-0.4, -0.2) is 35.6 Å². The average Bonchev–Trinajstić information content (AvgIpc) is 3.54. The van der Waals surface area contributed by atoms with Crippen LogP contribution in [0.4, 0.5) is 0 Å². The lowest BCUT2D eigenvalue weighted by atomic mass is 9.81. The molecule has 3 heterocycles. The molecule has 4 atom stereocenters. The summed E-state index contributed by atoms with van der Waals surface area (Å²) in [4.78, 5) is 0. The highest BCUT2D eigenvalue weighted by Crippen LogP contribution is 2.50. The lowest BCUT2D eigenvalue weighted by Gasteiger charge is -2.30. The van der Waals surface area contributed by atoms with Crippen molar-refractivity contribution in [3.8, 4) is 23.0 Å². The van der Waals surface area contributed by atoms with Gasteiger partial charge in [0.05, 0.1) is 13.2 Å². The summed E-state index contributed by atoms with van der Waals surface area (Å²) in [6.07, 6.45) is 8.42. The molecule has 6 nitrogen and oxygen atoms in total. The molecule has 4 unspecified atom stereocenters. The van der Waals surface area contributed by atoms with Crippen molar-refractivity contribution >= 4 is 0 Å². The van der Waals surface area contributed by atoms with E-state index in [1.807, 2.05) is 97.1 Å². The van der Waals surface area contributed by atoms with Gasteiger partial charge >= 0.3 is 0 Å². The minimum Gasteiger partial charge on any atom is -0.493 e. The fourth-order valence-corrected chi connectivity index (χ4v) is 7.39. The number of hydrogen-bond acceptors (Lipinski definition) is 6. The first kappa shape index (κ1) is 30.6. The zero-order valence-electron chi connectivity index (χ0n) is 26.4. The van der Waals surface area contributed by atoms with Crippen molar-refractivity contribution in [1.82, 2.24) is 0 Å². The SMILES string of the molecule is OC1(c2ccccc2)c2ccc3cc2OC1CCCCCCC1Oc2cc(ccc2C1(O)c1ccccc1)OCCCCCCO3. The third kappa shape index (κ3) is 5.85. The Kier molecular flexibility index (Phi) is 8.92. The van der Waals surface area contributed by atoms with E-state index in [-0.39, 0.29) is 0 Å². The first-order chi connectivity index (χ1) is 22.6. The Morgan fingerprint density at radius 3 is 1.33 bits per heavy atom. The molecule has 0 fully saturated rings. The normalized spacial score (nSPS) is 26.7. The van der Waals surface area contributed by atoms with Crippen LogP contribution in [0.3, 0.4) is 0 Å². The van der Waals surface area contributed by atoms with Gasteiger partial charge in [-0.2, -0.15) is 0 Å². The fraction of sp³-hybridized carbons (Fsp3) is 0.400. The number of benzene rings is 4. The van der Waals surface area contributed by atoms with E-state index >= 15 is 0 Å². The van der Waals surface area contributed by atoms with E-state index in [0.717, 1.165) is 98.0 Å². The molecule has 0 spiro atoms. The van der Waals surface area contributed by atoms with E-state index in [1.165, 1.54) is 0 Å². The molecule has 7 rings (SSSR count). The third-order valence-electron chi connectivity index (χ3n) is 9.88. The van der Waals surface area contributed by atoms with Crippen LogP contribution in [0, 0.1) is 0 Å². The average molecular weight is 621 g/mol. The first-order valence-electron chi connectivity index (χ1n) is 17.0. The first-order valence-corrected chi connectivity index (χ1v) is 17.0. The van der Waals surface area contributed by atoms with Gasteiger partial charge in [0.25, 0.3) is 0 Å². The van der Waals surface area contributed by atoms with Gasteiger partial charge in [-0.15, -0.1) is 0 Å². The maximum Gasteiger partial charge on any atom is 0.155 e. The van der Waals surface area contributed by atoms with Crippen LogP contribution < -0.4 is 18.9 Å². The summed E-state index contributed by atoms with van der Waals surface area (Å²) in [5.41, 5.74) is 0.825. The summed E-state index contributed by atoms with van der Waals surface area (Å²) in [6.45, 7) is 1.25. The molecule has 0 aliphatic carbocycles. The van der Waals surface area contributed by atoms with Crippen molar-refractivity contribution in [2.75, 3.05) is 13.2 Å². The Bertz CT molecular complexity index is 1490. The number of fused-ring (bicyclic) bond motifs is 4. The Morgan fingerprint density at radius 2 is 0.891 bits per heavy atom. The van der Waals surface area contributed by atoms with Crippen molar-refractivity contribution < 1.29 is 29.2 Å². The molecule has 4 aromatic carbocycles. The second-order valence-corrected chi connectivity index (χ2v) is 12.9. The standard InChI is InChI=1S/C40H44O6/c41-39(29-15-7-5-8-16-29)33-23-21-31-27-35(33)45-37(39)19-11-1-2-12-20-38-40(42,30-17-9-6-10-18-30)34-24-22-32(28-36(34)46-38)44-26-14-4-3-13-25-43-31/h5-10,15-18,21-24,27-28,37-38,41-42H,1-4,11-14,19-20,25-26H2. The molecule has 2 N–H and O–H groups in total. The molecular weight excluding hydrogens is 576 g/mol.